The van der Waals surface area contributed by atoms with Gasteiger partial charge in [-0.2, -0.15) is 0 Å². The lowest BCUT2D eigenvalue weighted by molar-refractivity contribution is 0.751. The summed E-state index contributed by atoms with van der Waals surface area (Å²) in [4.78, 5) is 0. The Morgan fingerprint density at radius 1 is 1.30 bits per heavy atom. The van der Waals surface area contributed by atoms with Gasteiger partial charge < -0.3 is 0 Å². The van der Waals surface area contributed by atoms with Gasteiger partial charge in [0.1, 0.15) is 0 Å². The first kappa shape index (κ1) is 9.91. The number of rotatable bonds is 3. The molecule has 0 rings (SSSR count). The zero-order valence-electron chi connectivity index (χ0n) is 7.11. The highest BCUT2D eigenvalue weighted by atomic mass is 32.2. The topological polar surface area (TPSA) is 0 Å². The van der Waals surface area contributed by atoms with Gasteiger partial charge in [-0.05, 0) is 11.7 Å². The molecule has 0 heterocycles. The zero-order chi connectivity index (χ0) is 7.82. The van der Waals surface area contributed by atoms with E-state index in [4.69, 9.17) is 0 Å². The summed E-state index contributed by atoms with van der Waals surface area (Å²) < 4.78 is 0. The van der Waals surface area contributed by atoms with Crippen LogP contribution in [-0.4, -0.2) is 11.5 Å². The summed E-state index contributed by atoms with van der Waals surface area (Å²) in [6, 6.07) is 0. The molecular weight excluding hydrogens is 140 g/mol. The highest BCUT2D eigenvalue weighted by molar-refractivity contribution is 7.99. The first-order chi connectivity index (χ1) is 4.77. The van der Waals surface area contributed by atoms with Crippen LogP contribution >= 0.6 is 11.8 Å². The minimum atomic E-state index is 0.799. The molecule has 0 amide bonds. The molecule has 0 spiro atoms. The lowest BCUT2D eigenvalue weighted by Gasteiger charge is -1.98. The van der Waals surface area contributed by atoms with Crippen molar-refractivity contribution in [1.29, 1.82) is 0 Å². The van der Waals surface area contributed by atoms with E-state index in [1.54, 1.807) is 0 Å². The van der Waals surface area contributed by atoms with Crippen LogP contribution in [-0.2, 0) is 0 Å². The van der Waals surface area contributed by atoms with Gasteiger partial charge in [0.15, 0.2) is 0 Å². The molecule has 58 valence electrons. The second-order valence-corrected chi connectivity index (χ2v) is 3.65. The van der Waals surface area contributed by atoms with Gasteiger partial charge in [-0.3, -0.25) is 0 Å². The van der Waals surface area contributed by atoms with Crippen molar-refractivity contribution < 1.29 is 0 Å². The van der Waals surface area contributed by atoms with Crippen LogP contribution in [0, 0.1) is 17.8 Å². The predicted molar refractivity (Wildman–Crippen MR) is 50.2 cm³/mol. The summed E-state index contributed by atoms with van der Waals surface area (Å²) in [5.74, 6) is 9.19. The Morgan fingerprint density at radius 2 is 2.00 bits per heavy atom. The lowest BCUT2D eigenvalue weighted by atomic mass is 10.3. The molecular formula is C9H16S. The van der Waals surface area contributed by atoms with Crippen LogP contribution in [0.25, 0.3) is 0 Å². The van der Waals surface area contributed by atoms with Crippen LogP contribution in [0.15, 0.2) is 0 Å². The van der Waals surface area contributed by atoms with E-state index in [0.717, 1.165) is 18.1 Å². The van der Waals surface area contributed by atoms with Crippen molar-refractivity contribution in [3.8, 4) is 11.8 Å². The molecule has 0 aliphatic carbocycles. The summed E-state index contributed by atoms with van der Waals surface area (Å²) in [5.41, 5.74) is 0. The number of hydrogen-bond acceptors (Lipinski definition) is 1. The molecule has 0 aromatic rings. The average molecular weight is 156 g/mol. The van der Waals surface area contributed by atoms with Gasteiger partial charge in [-0.15, -0.1) is 17.7 Å². The average Bonchev–Trinajstić information content (AvgIpc) is 1.87. The molecule has 0 nitrogen and oxygen atoms in total. The molecule has 0 N–H and O–H groups in total. The maximum Gasteiger partial charge on any atom is 0.0547 e. The maximum absolute atomic E-state index is 3.10. The minimum Gasteiger partial charge on any atom is -0.149 e. The van der Waals surface area contributed by atoms with Crippen molar-refractivity contribution in [2.45, 2.75) is 27.2 Å². The van der Waals surface area contributed by atoms with Crippen molar-refractivity contribution in [3.63, 3.8) is 0 Å². The Balaban J connectivity index is 3.05. The minimum absolute atomic E-state index is 0.799. The smallest absolute Gasteiger partial charge is 0.0547 e. The van der Waals surface area contributed by atoms with Crippen molar-refractivity contribution in [2.24, 2.45) is 5.92 Å². The molecule has 0 aromatic heterocycles. The molecule has 0 aromatic carbocycles. The van der Waals surface area contributed by atoms with Crippen LogP contribution in [0.3, 0.4) is 0 Å². The van der Waals surface area contributed by atoms with Crippen LogP contribution in [0.5, 0.6) is 0 Å². The van der Waals surface area contributed by atoms with Crippen LogP contribution < -0.4 is 0 Å². The Kier molecular flexibility index (Phi) is 6.96. The van der Waals surface area contributed by atoms with E-state index < -0.39 is 0 Å². The Hall–Kier alpha value is -0.0900. The summed E-state index contributed by atoms with van der Waals surface area (Å²) in [5, 5.41) is 0. The maximum atomic E-state index is 3.10. The van der Waals surface area contributed by atoms with E-state index in [9.17, 15) is 0 Å². The SMILES string of the molecule is CCC#CCSCC(C)C. The van der Waals surface area contributed by atoms with Crippen molar-refractivity contribution in [2.75, 3.05) is 11.5 Å². The fourth-order valence-electron chi connectivity index (χ4n) is 0.522. The van der Waals surface area contributed by atoms with Crippen molar-refractivity contribution in [3.05, 3.63) is 0 Å². The van der Waals surface area contributed by atoms with Crippen molar-refractivity contribution in [1.82, 2.24) is 0 Å². The van der Waals surface area contributed by atoms with Gasteiger partial charge in [0.2, 0.25) is 0 Å². The molecule has 0 atom stereocenters. The molecule has 0 saturated carbocycles. The van der Waals surface area contributed by atoms with Crippen LogP contribution in [0.1, 0.15) is 27.2 Å². The van der Waals surface area contributed by atoms with E-state index in [1.165, 1.54) is 5.75 Å². The fraction of sp³-hybridized carbons (Fsp3) is 0.778. The quantitative estimate of drug-likeness (QED) is 0.447. The van der Waals surface area contributed by atoms with Gasteiger partial charge in [0.05, 0.1) is 5.75 Å². The molecule has 0 aliphatic rings. The fourth-order valence-corrected chi connectivity index (χ4v) is 1.32. The largest absolute Gasteiger partial charge is 0.149 e. The summed E-state index contributed by atoms with van der Waals surface area (Å²) >= 11 is 1.93. The molecule has 10 heavy (non-hydrogen) atoms. The van der Waals surface area contributed by atoms with Crippen LogP contribution in [0.4, 0.5) is 0 Å². The standard InChI is InChI=1S/C9H16S/c1-4-5-6-7-10-8-9(2)3/h9H,4,7-8H2,1-3H3. The third-order valence-corrected chi connectivity index (χ3v) is 2.18. The zero-order valence-corrected chi connectivity index (χ0v) is 7.92. The first-order valence-electron chi connectivity index (χ1n) is 3.80. The van der Waals surface area contributed by atoms with Gasteiger partial charge in [0, 0.05) is 6.42 Å². The number of thioether (sulfide) groups is 1. The van der Waals surface area contributed by atoms with Crippen molar-refractivity contribution >= 4 is 11.8 Å². The third-order valence-electron chi connectivity index (χ3n) is 0.927. The lowest BCUT2D eigenvalue weighted by Crippen LogP contribution is -1.90. The highest BCUT2D eigenvalue weighted by Gasteiger charge is 1.90. The number of hydrogen-bond donors (Lipinski definition) is 0. The highest BCUT2D eigenvalue weighted by Crippen LogP contribution is 2.05. The normalized spacial score (nSPS) is 9.20. The second kappa shape index (κ2) is 7.02. The van der Waals surface area contributed by atoms with E-state index in [0.29, 0.717) is 0 Å². The van der Waals surface area contributed by atoms with E-state index >= 15 is 0 Å². The molecule has 0 aliphatic heterocycles. The van der Waals surface area contributed by atoms with Gasteiger partial charge in [0.25, 0.3) is 0 Å². The van der Waals surface area contributed by atoms with Gasteiger partial charge in [-0.25, -0.2) is 0 Å². The van der Waals surface area contributed by atoms with E-state index in [2.05, 4.69) is 32.6 Å². The molecule has 0 saturated heterocycles. The van der Waals surface area contributed by atoms with E-state index in [1.807, 2.05) is 11.8 Å². The second-order valence-electron chi connectivity index (χ2n) is 2.62. The first-order valence-corrected chi connectivity index (χ1v) is 4.96. The molecule has 0 radical (unpaired) electrons. The molecule has 0 fully saturated rings. The summed E-state index contributed by atoms with van der Waals surface area (Å²) in [6.45, 7) is 6.56. The predicted octanol–water partition coefficient (Wildman–Crippen LogP) is 2.79. The third kappa shape index (κ3) is 7.91. The Morgan fingerprint density at radius 3 is 2.50 bits per heavy atom. The Labute approximate surface area is 68.8 Å². The van der Waals surface area contributed by atoms with Gasteiger partial charge in [-0.1, -0.05) is 26.7 Å². The summed E-state index contributed by atoms with van der Waals surface area (Å²) in [6.07, 6.45) is 0.988. The monoisotopic (exact) mass is 156 g/mol. The molecule has 0 bridgehead atoms. The Bertz CT molecular complexity index is 116. The van der Waals surface area contributed by atoms with E-state index in [-0.39, 0.29) is 0 Å². The summed E-state index contributed by atoms with van der Waals surface area (Å²) in [7, 11) is 0. The molecule has 1 heteroatoms. The van der Waals surface area contributed by atoms with Gasteiger partial charge >= 0.3 is 0 Å². The molecule has 0 unspecified atom stereocenters. The van der Waals surface area contributed by atoms with Crippen LogP contribution in [0.2, 0.25) is 0 Å².